The molecule has 0 bridgehead atoms. The van der Waals surface area contributed by atoms with Crippen molar-refractivity contribution in [3.05, 3.63) is 23.0 Å². The number of hydrogen-bond donors (Lipinski definition) is 2. The van der Waals surface area contributed by atoms with Crippen molar-refractivity contribution in [2.75, 3.05) is 49.9 Å². The molecule has 12 nitrogen and oxygen atoms in total. The summed E-state index contributed by atoms with van der Waals surface area (Å²) in [5, 5.41) is 6.77. The first-order valence-corrected chi connectivity index (χ1v) is 15.3. The maximum Gasteiger partial charge on any atom is 0.224 e. The predicted octanol–water partition coefficient (Wildman–Crippen LogP) is 4.68. The number of halogens is 2. The van der Waals surface area contributed by atoms with E-state index < -0.39 is 0 Å². The van der Waals surface area contributed by atoms with E-state index in [1.807, 2.05) is 37.5 Å². The highest BCUT2D eigenvalue weighted by Gasteiger charge is 2.20. The van der Waals surface area contributed by atoms with Crippen molar-refractivity contribution >= 4 is 46.7 Å². The molecule has 0 aromatic carbocycles. The van der Waals surface area contributed by atoms with Crippen molar-refractivity contribution in [3.8, 4) is 11.5 Å². The lowest BCUT2D eigenvalue weighted by Crippen LogP contribution is -2.27. The highest BCUT2D eigenvalue weighted by atomic mass is 35.5. The molecule has 14 heteroatoms. The van der Waals surface area contributed by atoms with Gasteiger partial charge in [-0.05, 0) is 76.6 Å². The second kappa shape index (κ2) is 17.1. The summed E-state index contributed by atoms with van der Waals surface area (Å²) >= 11 is 11.6. The van der Waals surface area contributed by atoms with E-state index in [1.165, 1.54) is 0 Å². The molecule has 0 radical (unpaired) electrons. The number of nitrogens with one attached hydrogen (secondary N) is 2. The summed E-state index contributed by atoms with van der Waals surface area (Å²) < 4.78 is 11.3. The smallest absolute Gasteiger partial charge is 0.224 e. The molecule has 2 fully saturated rings. The second-order valence-electron chi connectivity index (χ2n) is 10.6. The van der Waals surface area contributed by atoms with Crippen LogP contribution < -0.4 is 20.1 Å². The molecule has 0 saturated carbocycles. The highest BCUT2D eigenvalue weighted by molar-refractivity contribution is 6.28. The second-order valence-corrected chi connectivity index (χ2v) is 11.2. The SMILES string of the molecule is CC(C)Oc1cnc(Cl)nc1NCCCN1CCCC1=O.CC(C)Oc1cnc(Cl)nc1NCCCN1CCCC1=O. The molecule has 2 aliphatic rings. The lowest BCUT2D eigenvalue weighted by atomic mass is 10.3. The van der Waals surface area contributed by atoms with Gasteiger partial charge in [0.25, 0.3) is 0 Å². The van der Waals surface area contributed by atoms with Gasteiger partial charge < -0.3 is 29.9 Å². The monoisotopic (exact) mass is 624 g/mol. The highest BCUT2D eigenvalue weighted by Crippen LogP contribution is 2.24. The molecule has 42 heavy (non-hydrogen) atoms. The van der Waals surface area contributed by atoms with E-state index in [1.54, 1.807) is 12.4 Å². The van der Waals surface area contributed by atoms with Crippen molar-refractivity contribution in [3.63, 3.8) is 0 Å². The zero-order valence-electron chi connectivity index (χ0n) is 24.9. The fourth-order valence-corrected chi connectivity index (χ4v) is 4.73. The van der Waals surface area contributed by atoms with Crippen molar-refractivity contribution in [2.45, 2.75) is 78.4 Å². The molecule has 4 heterocycles. The number of anilines is 2. The first kappa shape index (κ1) is 33.4. The molecular weight excluding hydrogens is 583 g/mol. The van der Waals surface area contributed by atoms with Crippen LogP contribution in [0.5, 0.6) is 11.5 Å². The van der Waals surface area contributed by atoms with Crippen molar-refractivity contribution in [2.24, 2.45) is 0 Å². The van der Waals surface area contributed by atoms with Crippen LogP contribution in [0.3, 0.4) is 0 Å². The minimum Gasteiger partial charge on any atom is -0.486 e. The number of carbonyl (C=O) groups is 2. The third-order valence-electron chi connectivity index (χ3n) is 6.31. The summed E-state index contributed by atoms with van der Waals surface area (Å²) in [5.74, 6) is 2.87. The summed E-state index contributed by atoms with van der Waals surface area (Å²) in [6.45, 7) is 12.5. The summed E-state index contributed by atoms with van der Waals surface area (Å²) in [7, 11) is 0. The van der Waals surface area contributed by atoms with Crippen LogP contribution >= 0.6 is 23.2 Å². The first-order valence-electron chi connectivity index (χ1n) is 14.5. The quantitative estimate of drug-likeness (QED) is 0.225. The minimum absolute atomic E-state index is 0.0394. The Kier molecular flexibility index (Phi) is 13.6. The van der Waals surface area contributed by atoms with E-state index in [4.69, 9.17) is 32.7 Å². The van der Waals surface area contributed by atoms with Crippen molar-refractivity contribution in [1.29, 1.82) is 0 Å². The zero-order valence-corrected chi connectivity index (χ0v) is 26.4. The van der Waals surface area contributed by atoms with Gasteiger partial charge in [0.1, 0.15) is 0 Å². The fourth-order valence-electron chi connectivity index (χ4n) is 4.47. The number of ether oxygens (including phenoxy) is 2. The van der Waals surface area contributed by atoms with Gasteiger partial charge in [0.05, 0.1) is 24.6 Å². The van der Waals surface area contributed by atoms with Gasteiger partial charge in [0.15, 0.2) is 23.1 Å². The Hall–Kier alpha value is -3.12. The number of aromatic nitrogens is 4. The van der Waals surface area contributed by atoms with Crippen LogP contribution in [-0.4, -0.2) is 93.0 Å². The topological polar surface area (TPSA) is 135 Å². The molecule has 0 unspecified atom stereocenters. The standard InChI is InChI=1S/2C14H21ClN4O2/c2*1-10(2)21-11-9-17-14(15)18-13(11)16-6-4-8-19-7-3-5-12(19)20/h2*9-10H,3-8H2,1-2H3,(H,16,17,18). The van der Waals surface area contributed by atoms with E-state index in [0.717, 1.165) is 51.9 Å². The third kappa shape index (κ3) is 11.3. The molecule has 0 atom stereocenters. The number of nitrogens with zero attached hydrogens (tertiary/aromatic N) is 6. The van der Waals surface area contributed by atoms with Gasteiger partial charge in [-0.15, -0.1) is 0 Å². The van der Waals surface area contributed by atoms with Gasteiger partial charge in [0.2, 0.25) is 22.4 Å². The van der Waals surface area contributed by atoms with Crippen LogP contribution in [0.2, 0.25) is 10.6 Å². The lowest BCUT2D eigenvalue weighted by Gasteiger charge is -2.17. The molecule has 0 aliphatic carbocycles. The molecule has 2 N–H and O–H groups in total. The van der Waals surface area contributed by atoms with Crippen molar-refractivity contribution in [1.82, 2.24) is 29.7 Å². The number of hydrogen-bond acceptors (Lipinski definition) is 10. The molecular formula is C28H42Cl2N8O4. The minimum atomic E-state index is 0.0394. The molecule has 4 rings (SSSR count). The van der Waals surface area contributed by atoms with Crippen LogP contribution in [0.25, 0.3) is 0 Å². The van der Waals surface area contributed by atoms with Crippen LogP contribution in [0.4, 0.5) is 11.6 Å². The Morgan fingerprint density at radius 2 is 1.17 bits per heavy atom. The summed E-state index contributed by atoms with van der Waals surface area (Å²) in [5.41, 5.74) is 0. The van der Waals surface area contributed by atoms with Gasteiger partial charge in [0, 0.05) is 52.1 Å². The van der Waals surface area contributed by atoms with E-state index in [0.29, 0.717) is 49.1 Å². The average molecular weight is 626 g/mol. The summed E-state index contributed by atoms with van der Waals surface area (Å²) in [4.78, 5) is 43.0. The van der Waals surface area contributed by atoms with Gasteiger partial charge in [-0.3, -0.25) is 9.59 Å². The molecule has 2 aromatic heterocycles. The van der Waals surface area contributed by atoms with Crippen LogP contribution in [-0.2, 0) is 9.59 Å². The normalized spacial score (nSPS) is 14.9. The van der Waals surface area contributed by atoms with E-state index in [9.17, 15) is 9.59 Å². The van der Waals surface area contributed by atoms with E-state index >= 15 is 0 Å². The van der Waals surface area contributed by atoms with Gasteiger partial charge in [-0.25, -0.2) is 9.97 Å². The molecule has 2 amide bonds. The lowest BCUT2D eigenvalue weighted by molar-refractivity contribution is -0.128. The van der Waals surface area contributed by atoms with Crippen molar-refractivity contribution < 1.29 is 19.1 Å². The summed E-state index contributed by atoms with van der Waals surface area (Å²) in [6.07, 6.45) is 8.24. The number of likely N-dealkylation sites (tertiary alicyclic amines) is 2. The van der Waals surface area contributed by atoms with Gasteiger partial charge >= 0.3 is 0 Å². The molecule has 2 aromatic rings. The Labute approximate surface area is 257 Å². The number of carbonyl (C=O) groups excluding carboxylic acids is 2. The Balaban J connectivity index is 0.000000230. The zero-order chi connectivity index (χ0) is 30.5. The molecule has 232 valence electrons. The van der Waals surface area contributed by atoms with Crippen LogP contribution in [0.15, 0.2) is 12.4 Å². The van der Waals surface area contributed by atoms with E-state index in [-0.39, 0.29) is 34.6 Å². The van der Waals surface area contributed by atoms with Gasteiger partial charge in [-0.2, -0.15) is 9.97 Å². The molecule has 2 saturated heterocycles. The van der Waals surface area contributed by atoms with Crippen LogP contribution in [0, 0.1) is 0 Å². The van der Waals surface area contributed by atoms with Gasteiger partial charge in [-0.1, -0.05) is 0 Å². The maximum absolute atomic E-state index is 11.5. The Morgan fingerprint density at radius 3 is 1.50 bits per heavy atom. The maximum atomic E-state index is 11.5. The molecule has 0 spiro atoms. The number of rotatable bonds is 14. The Morgan fingerprint density at radius 1 is 0.762 bits per heavy atom. The Bertz CT molecular complexity index is 1080. The fraction of sp³-hybridized carbons (Fsp3) is 0.643. The first-order chi connectivity index (χ1) is 20.1. The van der Waals surface area contributed by atoms with E-state index in [2.05, 4.69) is 30.6 Å². The summed E-state index contributed by atoms with van der Waals surface area (Å²) in [6, 6.07) is 0. The average Bonchev–Trinajstić information content (AvgIpc) is 3.54. The predicted molar refractivity (Wildman–Crippen MR) is 163 cm³/mol. The van der Waals surface area contributed by atoms with Crippen LogP contribution in [0.1, 0.15) is 66.2 Å². The third-order valence-corrected chi connectivity index (χ3v) is 6.68. The molecule has 2 aliphatic heterocycles. The largest absolute Gasteiger partial charge is 0.486 e. The number of amides is 2.